The Morgan fingerprint density at radius 3 is 1.97 bits per heavy atom. The molecule has 3 aromatic carbocycles. The van der Waals surface area contributed by atoms with Gasteiger partial charge in [-0.1, -0.05) is 103 Å². The van der Waals surface area contributed by atoms with Crippen LogP contribution in [-0.2, 0) is 14.3 Å². The highest BCUT2D eigenvalue weighted by Gasteiger charge is 2.79. The Hall–Kier alpha value is -2.98. The third-order valence-electron chi connectivity index (χ3n) is 6.29. The van der Waals surface area contributed by atoms with Crippen LogP contribution in [-0.4, -0.2) is 16.7 Å². The van der Waals surface area contributed by atoms with Crippen LogP contribution in [0.2, 0.25) is 0 Å². The van der Waals surface area contributed by atoms with Crippen LogP contribution in [0.3, 0.4) is 0 Å². The molecule has 4 heteroatoms. The van der Waals surface area contributed by atoms with Gasteiger partial charge < -0.3 is 0 Å². The number of benzene rings is 3. The lowest BCUT2D eigenvalue weighted by Gasteiger charge is -2.58. The zero-order chi connectivity index (χ0) is 20.1. The van der Waals surface area contributed by atoms with E-state index < -0.39 is 21.1 Å². The highest BCUT2D eigenvalue weighted by molar-refractivity contribution is 8.17. The number of ketones is 2. The first-order valence-electron chi connectivity index (χ1n) is 9.59. The molecule has 0 amide bonds. The van der Waals surface area contributed by atoms with Crippen molar-refractivity contribution in [3.8, 4) is 0 Å². The number of rotatable bonds is 4. The van der Waals surface area contributed by atoms with Crippen molar-refractivity contribution in [3.63, 3.8) is 0 Å². The molecule has 0 radical (unpaired) electrons. The predicted molar refractivity (Wildman–Crippen MR) is 113 cm³/mol. The maximum absolute atomic E-state index is 13.8. The van der Waals surface area contributed by atoms with Gasteiger partial charge in [0.05, 0.1) is 4.75 Å². The molecule has 0 unspecified atom stereocenters. The molecule has 0 spiro atoms. The third-order valence-corrected chi connectivity index (χ3v) is 7.85. The Morgan fingerprint density at radius 1 is 0.793 bits per heavy atom. The predicted octanol–water partition coefficient (Wildman–Crippen LogP) is 4.78. The molecule has 1 aliphatic heterocycles. The minimum absolute atomic E-state index is 0.0980. The smallest absolute Gasteiger partial charge is 0.257 e. The molecular formula is C25H18O3S. The minimum Gasteiger partial charge on any atom is -0.293 e. The van der Waals surface area contributed by atoms with Crippen molar-refractivity contribution in [3.05, 3.63) is 108 Å². The van der Waals surface area contributed by atoms with Crippen molar-refractivity contribution >= 4 is 28.4 Å². The van der Waals surface area contributed by atoms with Crippen molar-refractivity contribution in [1.29, 1.82) is 0 Å². The van der Waals surface area contributed by atoms with E-state index in [4.69, 9.17) is 0 Å². The molecule has 2 aliphatic rings. The lowest BCUT2D eigenvalue weighted by molar-refractivity contribution is -0.140. The number of carbonyl (C=O) groups is 3. The van der Waals surface area contributed by atoms with E-state index in [9.17, 15) is 14.4 Å². The molecule has 0 N–H and O–H groups in total. The van der Waals surface area contributed by atoms with Crippen LogP contribution in [0.4, 0.5) is 0 Å². The second-order valence-electron chi connectivity index (χ2n) is 7.59. The summed E-state index contributed by atoms with van der Waals surface area (Å²) in [4.78, 5) is 39.8. The average molecular weight is 398 g/mol. The number of thioether (sulfide) groups is 1. The summed E-state index contributed by atoms with van der Waals surface area (Å²) < 4.78 is -0.920. The fourth-order valence-electron chi connectivity index (χ4n) is 4.98. The molecular weight excluding hydrogens is 380 g/mol. The van der Waals surface area contributed by atoms with E-state index in [1.807, 2.05) is 66.7 Å². The van der Waals surface area contributed by atoms with E-state index >= 15 is 0 Å². The Bertz CT molecular complexity index is 1110. The van der Waals surface area contributed by atoms with E-state index in [0.29, 0.717) is 12.0 Å². The van der Waals surface area contributed by atoms with Crippen molar-refractivity contribution in [2.75, 3.05) is 0 Å². The van der Waals surface area contributed by atoms with Crippen LogP contribution in [0.15, 0.2) is 91.0 Å². The summed E-state index contributed by atoms with van der Waals surface area (Å²) in [6.45, 7) is 0. The first-order chi connectivity index (χ1) is 14.1. The third kappa shape index (κ3) is 2.29. The quantitative estimate of drug-likeness (QED) is 0.360. The largest absolute Gasteiger partial charge is 0.293 e. The van der Waals surface area contributed by atoms with Crippen LogP contribution in [0, 0.1) is 5.41 Å². The first-order valence-corrected chi connectivity index (χ1v) is 10.4. The fraction of sp³-hybridized carbons (Fsp3) is 0.160. The van der Waals surface area contributed by atoms with Gasteiger partial charge in [-0.05, 0) is 17.5 Å². The van der Waals surface area contributed by atoms with Gasteiger partial charge in [0.25, 0.3) is 5.12 Å². The van der Waals surface area contributed by atoms with Crippen molar-refractivity contribution in [2.45, 2.75) is 17.1 Å². The molecule has 5 rings (SSSR count). The second-order valence-corrected chi connectivity index (χ2v) is 8.81. The standard InChI is InChI=1S/C25H18O3S/c26-21(18-12-6-2-7-13-18)24-16-20(17-10-4-1-5-11-17)25(24,29-23(28)22(24)27)19-14-8-3-9-15-19/h1-15,20H,16H2/t20-,24+,25-/m1/s1. The van der Waals surface area contributed by atoms with Crippen molar-refractivity contribution < 1.29 is 14.4 Å². The van der Waals surface area contributed by atoms with Gasteiger partial charge in [0.2, 0.25) is 5.78 Å². The zero-order valence-electron chi connectivity index (χ0n) is 15.6. The Balaban J connectivity index is 1.75. The van der Waals surface area contributed by atoms with E-state index in [1.54, 1.807) is 24.3 Å². The molecule has 3 atom stereocenters. The molecule has 1 saturated carbocycles. The summed E-state index contributed by atoms with van der Waals surface area (Å²) >= 11 is 1.04. The van der Waals surface area contributed by atoms with Crippen molar-refractivity contribution in [1.82, 2.24) is 0 Å². The van der Waals surface area contributed by atoms with E-state index in [1.165, 1.54) is 0 Å². The van der Waals surface area contributed by atoms with Gasteiger partial charge in [-0.2, -0.15) is 0 Å². The van der Waals surface area contributed by atoms with Gasteiger partial charge in [0.1, 0.15) is 5.41 Å². The summed E-state index contributed by atoms with van der Waals surface area (Å²) in [7, 11) is 0. The van der Waals surface area contributed by atoms with E-state index in [-0.39, 0.29) is 11.7 Å². The number of carbonyl (C=O) groups excluding carboxylic acids is 3. The highest BCUT2D eigenvalue weighted by atomic mass is 32.2. The van der Waals surface area contributed by atoms with Crippen LogP contribution >= 0.6 is 11.8 Å². The lowest BCUT2D eigenvalue weighted by atomic mass is 9.46. The first kappa shape index (κ1) is 18.1. The molecule has 0 aromatic heterocycles. The maximum Gasteiger partial charge on any atom is 0.257 e. The molecule has 3 nitrogen and oxygen atoms in total. The highest BCUT2D eigenvalue weighted by Crippen LogP contribution is 2.75. The molecule has 142 valence electrons. The second kappa shape index (κ2) is 6.53. The van der Waals surface area contributed by atoms with Gasteiger partial charge in [-0.15, -0.1) is 0 Å². The molecule has 0 bridgehead atoms. The summed E-state index contributed by atoms with van der Waals surface area (Å²) in [6.07, 6.45) is 0.344. The number of hydrogen-bond donors (Lipinski definition) is 0. The van der Waals surface area contributed by atoms with E-state index in [2.05, 4.69) is 0 Å². The topological polar surface area (TPSA) is 51.2 Å². The Morgan fingerprint density at radius 2 is 1.34 bits per heavy atom. The molecule has 1 aliphatic carbocycles. The SMILES string of the molecule is O=C1S[C@]2(c3ccccc3)[C@@H](c3ccccc3)C[C@]2(C(=O)c2ccccc2)C1=O. The Labute approximate surface area is 173 Å². The zero-order valence-corrected chi connectivity index (χ0v) is 16.4. The van der Waals surface area contributed by atoms with Crippen LogP contribution < -0.4 is 0 Å². The summed E-state index contributed by atoms with van der Waals surface area (Å²) in [5, 5.41) is -0.517. The fourth-order valence-corrected chi connectivity index (χ4v) is 6.60. The van der Waals surface area contributed by atoms with Gasteiger partial charge in [0.15, 0.2) is 5.78 Å². The molecule has 2 fully saturated rings. The molecule has 29 heavy (non-hydrogen) atoms. The Kier molecular flexibility index (Phi) is 4.07. The van der Waals surface area contributed by atoms with Gasteiger partial charge in [0, 0.05) is 11.5 Å². The number of fused-ring (bicyclic) bond motifs is 1. The summed E-state index contributed by atoms with van der Waals surface area (Å²) in [6, 6.07) is 28.3. The van der Waals surface area contributed by atoms with Crippen LogP contribution in [0.1, 0.15) is 33.8 Å². The van der Waals surface area contributed by atoms with Gasteiger partial charge in [-0.3, -0.25) is 14.4 Å². The normalized spacial score (nSPS) is 27.9. The van der Waals surface area contributed by atoms with Crippen LogP contribution in [0.5, 0.6) is 0 Å². The van der Waals surface area contributed by atoms with Crippen LogP contribution in [0.25, 0.3) is 0 Å². The average Bonchev–Trinajstić information content (AvgIpc) is 2.94. The molecule has 1 heterocycles. The number of hydrogen-bond acceptors (Lipinski definition) is 4. The summed E-state index contributed by atoms with van der Waals surface area (Å²) in [5.41, 5.74) is 1.01. The lowest BCUT2D eigenvalue weighted by Crippen LogP contribution is -2.62. The minimum atomic E-state index is -1.36. The number of Topliss-reactive ketones (excluding diaryl/α,β-unsaturated/α-hetero) is 2. The summed E-state index contributed by atoms with van der Waals surface area (Å²) in [5.74, 6) is -0.913. The molecule has 1 saturated heterocycles. The van der Waals surface area contributed by atoms with E-state index in [0.717, 1.165) is 22.9 Å². The van der Waals surface area contributed by atoms with Gasteiger partial charge in [-0.25, -0.2) is 0 Å². The van der Waals surface area contributed by atoms with Crippen molar-refractivity contribution in [2.24, 2.45) is 5.41 Å². The monoisotopic (exact) mass is 398 g/mol. The molecule has 3 aromatic rings. The van der Waals surface area contributed by atoms with Gasteiger partial charge >= 0.3 is 0 Å². The maximum atomic E-state index is 13.8.